The van der Waals surface area contributed by atoms with Crippen molar-refractivity contribution in [2.45, 2.75) is 6.92 Å². The van der Waals surface area contributed by atoms with E-state index in [1.54, 1.807) is 7.11 Å². The van der Waals surface area contributed by atoms with Crippen molar-refractivity contribution in [3.05, 3.63) is 36.9 Å². The molecule has 1 rings (SSSR count). The Morgan fingerprint density at radius 2 is 1.88 bits per heavy atom. The highest BCUT2D eigenvalue weighted by molar-refractivity contribution is 7.47. The van der Waals surface area contributed by atoms with Crippen molar-refractivity contribution in [1.29, 1.82) is 0 Å². The molecule has 0 saturated heterocycles. The van der Waals surface area contributed by atoms with Gasteiger partial charge in [0.25, 0.3) is 0 Å². The molecule has 1 atom stereocenters. The molecule has 0 radical (unpaired) electrons. The molecule has 1 aromatic rings. The lowest BCUT2D eigenvalue weighted by Gasteiger charge is -2.15. The maximum Gasteiger partial charge on any atom is 0.234 e. The fraction of sp³-hybridized carbons (Fsp3) is 0.333. The van der Waals surface area contributed by atoms with E-state index >= 15 is 0 Å². The Morgan fingerprint density at radius 3 is 2.38 bits per heavy atom. The van der Waals surface area contributed by atoms with Crippen LogP contribution in [0.3, 0.4) is 0 Å². The molecule has 88 valence electrons. The van der Waals surface area contributed by atoms with Crippen molar-refractivity contribution in [2.75, 3.05) is 19.9 Å². The number of hydrogen-bond acceptors (Lipinski definition) is 3. The summed E-state index contributed by atoms with van der Waals surface area (Å²) in [5.74, 6) is 1.61. The maximum atomic E-state index is 5.71. The monoisotopic (exact) mass is 240 g/mol. The van der Waals surface area contributed by atoms with Gasteiger partial charge in [-0.05, 0) is 31.2 Å². The zero-order valence-electron chi connectivity index (χ0n) is 9.68. The number of hydrogen-bond donors (Lipinski definition) is 0. The van der Waals surface area contributed by atoms with Crippen LogP contribution in [0.2, 0.25) is 0 Å². The minimum absolute atomic E-state index is 0.649. The van der Waals surface area contributed by atoms with Crippen molar-refractivity contribution >= 4 is 8.38 Å². The van der Waals surface area contributed by atoms with E-state index in [9.17, 15) is 0 Å². The van der Waals surface area contributed by atoms with E-state index in [1.807, 2.05) is 37.3 Å². The van der Waals surface area contributed by atoms with Gasteiger partial charge in [-0.3, -0.25) is 0 Å². The van der Waals surface area contributed by atoms with E-state index in [2.05, 4.69) is 6.58 Å². The lowest BCUT2D eigenvalue weighted by atomic mass is 10.3. The average molecular weight is 240 g/mol. The minimum Gasteiger partial charge on any atom is -0.497 e. The molecule has 0 amide bonds. The number of rotatable bonds is 7. The predicted octanol–water partition coefficient (Wildman–Crippen LogP) is 3.61. The standard InChI is InChI=1S/C12H17O3P/c1-4-10-16(14-5-2)15-12-8-6-11(13-3)7-9-12/h4,6-9H,1,5,10H2,2-3H3. The molecule has 0 bridgehead atoms. The van der Waals surface area contributed by atoms with Gasteiger partial charge < -0.3 is 13.8 Å². The molecule has 0 saturated carbocycles. The third kappa shape index (κ3) is 4.21. The van der Waals surface area contributed by atoms with Gasteiger partial charge in [-0.2, -0.15) is 0 Å². The smallest absolute Gasteiger partial charge is 0.234 e. The van der Waals surface area contributed by atoms with Crippen LogP contribution in [0.5, 0.6) is 11.5 Å². The molecule has 4 heteroatoms. The molecular weight excluding hydrogens is 223 g/mol. The van der Waals surface area contributed by atoms with Crippen LogP contribution < -0.4 is 9.26 Å². The Labute approximate surface area is 97.9 Å². The summed E-state index contributed by atoms with van der Waals surface area (Å²) in [6, 6.07) is 7.47. The van der Waals surface area contributed by atoms with E-state index in [0.717, 1.165) is 17.7 Å². The van der Waals surface area contributed by atoms with Crippen molar-refractivity contribution in [3.63, 3.8) is 0 Å². The number of benzene rings is 1. The summed E-state index contributed by atoms with van der Waals surface area (Å²) in [5.41, 5.74) is 0. The molecular formula is C12H17O3P. The third-order valence-electron chi connectivity index (χ3n) is 1.82. The summed E-state index contributed by atoms with van der Waals surface area (Å²) < 4.78 is 16.3. The zero-order chi connectivity index (χ0) is 11.8. The first kappa shape index (κ1) is 13.0. The van der Waals surface area contributed by atoms with Crippen molar-refractivity contribution < 1.29 is 13.8 Å². The quantitative estimate of drug-likeness (QED) is 0.538. The SMILES string of the molecule is C=CCP(OCC)Oc1ccc(OC)cc1. The summed E-state index contributed by atoms with van der Waals surface area (Å²) in [7, 11) is 0.730. The summed E-state index contributed by atoms with van der Waals surface area (Å²) in [4.78, 5) is 0. The van der Waals surface area contributed by atoms with E-state index in [0.29, 0.717) is 6.61 Å². The summed E-state index contributed by atoms with van der Waals surface area (Å²) >= 11 is 0. The van der Waals surface area contributed by atoms with Gasteiger partial charge in [0.15, 0.2) is 0 Å². The summed E-state index contributed by atoms with van der Waals surface area (Å²) in [6.45, 7) is 6.29. The topological polar surface area (TPSA) is 27.7 Å². The van der Waals surface area contributed by atoms with Crippen LogP contribution >= 0.6 is 8.38 Å². The predicted molar refractivity (Wildman–Crippen MR) is 67.2 cm³/mol. The molecule has 0 aromatic heterocycles. The lowest BCUT2D eigenvalue weighted by Crippen LogP contribution is -1.95. The first-order valence-corrected chi connectivity index (χ1v) is 6.49. The lowest BCUT2D eigenvalue weighted by molar-refractivity contribution is 0.335. The van der Waals surface area contributed by atoms with Gasteiger partial charge in [-0.25, -0.2) is 0 Å². The fourth-order valence-corrected chi connectivity index (χ4v) is 2.21. The van der Waals surface area contributed by atoms with Gasteiger partial charge >= 0.3 is 0 Å². The molecule has 16 heavy (non-hydrogen) atoms. The van der Waals surface area contributed by atoms with Crippen LogP contribution in [-0.4, -0.2) is 19.9 Å². The second-order valence-corrected chi connectivity index (χ2v) is 4.46. The Balaban J connectivity index is 2.58. The number of methoxy groups -OCH3 is 1. The Morgan fingerprint density at radius 1 is 1.25 bits per heavy atom. The highest BCUT2D eigenvalue weighted by atomic mass is 31.2. The summed E-state index contributed by atoms with van der Waals surface area (Å²) in [6.07, 6.45) is 2.54. The van der Waals surface area contributed by atoms with Crippen LogP contribution in [0, 0.1) is 0 Å². The first-order chi connectivity index (χ1) is 7.80. The zero-order valence-corrected chi connectivity index (χ0v) is 10.6. The molecule has 0 fully saturated rings. The Hall–Kier alpha value is -1.05. The molecule has 0 aliphatic rings. The second-order valence-electron chi connectivity index (χ2n) is 2.99. The van der Waals surface area contributed by atoms with Crippen molar-refractivity contribution in [2.24, 2.45) is 0 Å². The Kier molecular flexibility index (Phi) is 5.91. The van der Waals surface area contributed by atoms with Crippen LogP contribution in [0.15, 0.2) is 36.9 Å². The van der Waals surface area contributed by atoms with Gasteiger partial charge in [0.2, 0.25) is 8.38 Å². The van der Waals surface area contributed by atoms with E-state index in [1.165, 1.54) is 0 Å². The average Bonchev–Trinajstić information content (AvgIpc) is 2.31. The van der Waals surface area contributed by atoms with Crippen LogP contribution in [0.25, 0.3) is 0 Å². The largest absolute Gasteiger partial charge is 0.497 e. The van der Waals surface area contributed by atoms with Crippen molar-refractivity contribution in [1.82, 2.24) is 0 Å². The van der Waals surface area contributed by atoms with Crippen LogP contribution in [0.1, 0.15) is 6.92 Å². The van der Waals surface area contributed by atoms with Crippen LogP contribution in [-0.2, 0) is 4.52 Å². The van der Waals surface area contributed by atoms with Crippen molar-refractivity contribution in [3.8, 4) is 11.5 Å². The van der Waals surface area contributed by atoms with Gasteiger partial charge in [0.1, 0.15) is 11.5 Å². The molecule has 0 spiro atoms. The first-order valence-electron chi connectivity index (χ1n) is 5.13. The Bertz CT molecular complexity index is 311. The molecule has 0 N–H and O–H groups in total. The molecule has 0 aliphatic heterocycles. The van der Waals surface area contributed by atoms with E-state index in [-0.39, 0.29) is 0 Å². The summed E-state index contributed by atoms with van der Waals surface area (Å²) in [5, 5.41) is 0. The van der Waals surface area contributed by atoms with Gasteiger partial charge in [-0.15, -0.1) is 6.58 Å². The van der Waals surface area contributed by atoms with E-state index < -0.39 is 8.38 Å². The van der Waals surface area contributed by atoms with Crippen LogP contribution in [0.4, 0.5) is 0 Å². The fourth-order valence-electron chi connectivity index (χ4n) is 1.12. The highest BCUT2D eigenvalue weighted by Gasteiger charge is 2.09. The second kappa shape index (κ2) is 7.26. The molecule has 0 aliphatic carbocycles. The number of ether oxygens (including phenoxy) is 1. The van der Waals surface area contributed by atoms with Gasteiger partial charge in [-0.1, -0.05) is 6.08 Å². The molecule has 0 heterocycles. The highest BCUT2D eigenvalue weighted by Crippen LogP contribution is 2.39. The third-order valence-corrected chi connectivity index (χ3v) is 3.33. The number of allylic oxidation sites excluding steroid dienone is 1. The van der Waals surface area contributed by atoms with Gasteiger partial charge in [0.05, 0.1) is 13.7 Å². The van der Waals surface area contributed by atoms with Gasteiger partial charge in [0, 0.05) is 6.16 Å². The molecule has 1 unspecified atom stereocenters. The van der Waals surface area contributed by atoms with E-state index in [4.69, 9.17) is 13.8 Å². The normalized spacial score (nSPS) is 11.9. The maximum absolute atomic E-state index is 5.71. The molecule has 3 nitrogen and oxygen atoms in total. The minimum atomic E-state index is -0.910. The molecule has 1 aromatic carbocycles.